The first-order chi connectivity index (χ1) is 46.6. The van der Waals surface area contributed by atoms with Crippen LogP contribution in [0.4, 0.5) is 0 Å². The van der Waals surface area contributed by atoms with Gasteiger partial charge >= 0.3 is 11.9 Å². The van der Waals surface area contributed by atoms with Crippen LogP contribution in [0.5, 0.6) is 0 Å². The molecule has 95 heavy (non-hydrogen) atoms. The van der Waals surface area contributed by atoms with E-state index < -0.39 is 24.3 Å². The minimum Gasteiger partial charge on any atom is -0.545 e. The Bertz CT molecular complexity index is 2220. The summed E-state index contributed by atoms with van der Waals surface area (Å²) in [5.74, 6) is -2.30. The zero-order valence-corrected chi connectivity index (χ0v) is 61.2. The highest BCUT2D eigenvalue weighted by Crippen LogP contribution is 2.16. The van der Waals surface area contributed by atoms with E-state index in [1.807, 2.05) is 21.1 Å². The summed E-state index contributed by atoms with van der Waals surface area (Å²) in [5.41, 5.74) is 0. The highest BCUT2D eigenvalue weighted by atomic mass is 16.7. The van der Waals surface area contributed by atoms with Crippen LogP contribution in [-0.2, 0) is 33.3 Å². The van der Waals surface area contributed by atoms with Crippen molar-refractivity contribution in [3.05, 3.63) is 182 Å². The molecule has 0 bridgehead atoms. The highest BCUT2D eigenvalue weighted by molar-refractivity contribution is 5.70. The summed E-state index contributed by atoms with van der Waals surface area (Å²) in [4.78, 5) is 37.6. The normalized spacial score (nSPS) is 13.7. The Kier molecular flexibility index (Phi) is 69.8. The fourth-order valence-electron chi connectivity index (χ4n) is 9.95. The first-order valence-corrected chi connectivity index (χ1v) is 37.9. The quantitative estimate of drug-likeness (QED) is 0.0195. The van der Waals surface area contributed by atoms with Gasteiger partial charge in [0.15, 0.2) is 12.4 Å². The second-order valence-electron chi connectivity index (χ2n) is 25.8. The smallest absolute Gasteiger partial charge is 0.306 e. The van der Waals surface area contributed by atoms with Gasteiger partial charge in [0.1, 0.15) is 13.2 Å². The van der Waals surface area contributed by atoms with Crippen molar-refractivity contribution < 1.29 is 42.9 Å². The van der Waals surface area contributed by atoms with Crippen LogP contribution in [0.15, 0.2) is 182 Å². The fraction of sp³-hybridized carbons (Fsp3) is 0.616. The minimum absolute atomic E-state index is 0.139. The van der Waals surface area contributed by atoms with Gasteiger partial charge in [0.25, 0.3) is 0 Å². The largest absolute Gasteiger partial charge is 0.545 e. The maximum atomic E-state index is 13.0. The molecule has 0 radical (unpaired) electrons. The Balaban J connectivity index is 4.14. The summed E-state index contributed by atoms with van der Waals surface area (Å²) in [6.45, 7) is 4.51. The Morgan fingerprint density at radius 3 is 0.842 bits per heavy atom. The minimum atomic E-state index is -1.63. The van der Waals surface area contributed by atoms with Gasteiger partial charge in [0, 0.05) is 12.8 Å². The molecule has 0 aromatic rings. The number of likely N-dealkylation sites (N-methyl/N-ethyl adjacent to an activating group) is 1. The molecule has 0 saturated heterocycles. The number of hydrogen-bond donors (Lipinski definition) is 0. The van der Waals surface area contributed by atoms with Gasteiger partial charge in [-0.1, -0.05) is 318 Å². The molecule has 9 nitrogen and oxygen atoms in total. The summed E-state index contributed by atoms with van der Waals surface area (Å²) in [5, 5.41) is 11.9. The first-order valence-electron chi connectivity index (χ1n) is 37.9. The van der Waals surface area contributed by atoms with Gasteiger partial charge in [-0.3, -0.25) is 9.59 Å². The van der Waals surface area contributed by atoms with Crippen molar-refractivity contribution >= 4 is 17.9 Å². The van der Waals surface area contributed by atoms with E-state index in [1.165, 1.54) is 109 Å². The van der Waals surface area contributed by atoms with Crippen LogP contribution in [0.2, 0.25) is 0 Å². The second-order valence-corrected chi connectivity index (χ2v) is 25.8. The predicted molar refractivity (Wildman–Crippen MR) is 407 cm³/mol. The van der Waals surface area contributed by atoms with Crippen molar-refractivity contribution in [1.82, 2.24) is 0 Å². The topological polar surface area (TPSA) is 111 Å². The van der Waals surface area contributed by atoms with Crippen LogP contribution in [0.1, 0.15) is 284 Å². The zero-order chi connectivity index (χ0) is 69.0. The lowest BCUT2D eigenvalue weighted by molar-refractivity contribution is -0.870. The average Bonchev–Trinajstić information content (AvgIpc) is 3.54. The molecule has 0 aromatic heterocycles. The van der Waals surface area contributed by atoms with Gasteiger partial charge in [-0.05, 0) is 135 Å². The zero-order valence-electron chi connectivity index (χ0n) is 61.2. The Hall–Kier alpha value is -5.61. The number of quaternary nitrogens is 1. The van der Waals surface area contributed by atoms with Crippen LogP contribution in [-0.4, -0.2) is 82.3 Å². The van der Waals surface area contributed by atoms with Crippen molar-refractivity contribution in [2.24, 2.45) is 0 Å². The van der Waals surface area contributed by atoms with Gasteiger partial charge in [-0.25, -0.2) is 0 Å². The summed E-state index contributed by atoms with van der Waals surface area (Å²) >= 11 is 0. The molecule has 0 aliphatic heterocycles. The third-order valence-corrected chi connectivity index (χ3v) is 15.6. The molecule has 2 unspecified atom stereocenters. The molecule has 0 spiro atoms. The van der Waals surface area contributed by atoms with Crippen LogP contribution >= 0.6 is 0 Å². The average molecular weight is 1320 g/mol. The Labute approximate surface area is 583 Å². The lowest BCUT2D eigenvalue weighted by Gasteiger charge is -2.26. The molecule has 0 N–H and O–H groups in total. The first kappa shape index (κ1) is 89.4. The molecule has 0 aliphatic rings. The highest BCUT2D eigenvalue weighted by Gasteiger charge is 2.22. The van der Waals surface area contributed by atoms with Gasteiger partial charge in [0.05, 0.1) is 40.3 Å². The van der Waals surface area contributed by atoms with E-state index in [0.717, 1.165) is 141 Å². The number of nitrogens with zero attached hydrogens (tertiary/aromatic N) is 1. The molecule has 0 saturated carbocycles. The number of carboxylic acid groups (broad SMARTS) is 1. The lowest BCUT2D eigenvalue weighted by Crippen LogP contribution is -2.44. The molecule has 0 amide bonds. The van der Waals surface area contributed by atoms with E-state index >= 15 is 0 Å². The Morgan fingerprint density at radius 1 is 0.316 bits per heavy atom. The van der Waals surface area contributed by atoms with E-state index in [9.17, 15) is 19.5 Å². The molecular weight excluding hydrogens is 1170 g/mol. The number of esters is 2. The van der Waals surface area contributed by atoms with Gasteiger partial charge in [-0.15, -0.1) is 0 Å². The summed E-state index contributed by atoms with van der Waals surface area (Å²) in [7, 11) is 5.92. The fourth-order valence-corrected chi connectivity index (χ4v) is 9.95. The number of ether oxygens (including phenoxy) is 4. The summed E-state index contributed by atoms with van der Waals surface area (Å²) in [6, 6.07) is 0. The maximum Gasteiger partial charge on any atom is 0.306 e. The van der Waals surface area contributed by atoms with Crippen LogP contribution in [0, 0.1) is 0 Å². The maximum absolute atomic E-state index is 13.0. The third-order valence-electron chi connectivity index (χ3n) is 15.6. The number of rotatable bonds is 68. The number of hydrogen-bond acceptors (Lipinski definition) is 8. The molecule has 0 aromatic carbocycles. The van der Waals surface area contributed by atoms with Gasteiger partial charge in [-0.2, -0.15) is 0 Å². The van der Waals surface area contributed by atoms with Gasteiger partial charge in [0.2, 0.25) is 0 Å². The van der Waals surface area contributed by atoms with Crippen molar-refractivity contribution in [2.75, 3.05) is 47.5 Å². The second kappa shape index (κ2) is 74.2. The molecule has 9 heteroatoms. The monoisotopic (exact) mass is 1310 g/mol. The number of carbonyl (C=O) groups is 3. The molecular formula is C86H139NO8. The number of aliphatic carboxylic acids is 1. The molecule has 0 heterocycles. The number of allylic oxidation sites excluding steroid dienone is 30. The van der Waals surface area contributed by atoms with Crippen molar-refractivity contribution in [2.45, 2.75) is 296 Å². The summed E-state index contributed by atoms with van der Waals surface area (Å²) < 4.78 is 22.8. The Morgan fingerprint density at radius 2 is 0.568 bits per heavy atom. The summed E-state index contributed by atoms with van der Waals surface area (Å²) in [6.07, 6.45) is 110. The lowest BCUT2D eigenvalue weighted by atomic mass is 10.0. The van der Waals surface area contributed by atoms with Gasteiger partial charge < -0.3 is 33.3 Å². The standard InChI is InChI=1S/C86H139NO8/c1-6-8-10-12-14-16-18-20-22-24-26-28-30-32-34-36-37-38-39-40-41-42-43-44-45-46-47-49-51-53-55-57-59-61-63-65-67-69-71-73-75-77-84(89)95-82(81-94-86(85(90)91)92-79-78-87(3,4)5)80-93-83(88)76-74-72-70-68-66-64-62-60-58-56-54-52-50-48-35-33-31-29-27-25-23-21-19-17-15-13-11-9-7-2/h8-11,14-17,20-23,26-29,32-35,37-38,40-41,43-44,46-47,51,53,82,86H,6-7,12-13,18-19,24-25,30-31,36,39,42,45,48-50,52,54-81H2,1-5H3/b10-8-,11-9-,16-14-,17-15-,22-20-,23-21-,28-26-,29-27-,34-32-,35-33-,38-37-,41-40-,44-43-,47-46-,53-51-. The molecule has 2 atom stereocenters. The van der Waals surface area contributed by atoms with Crippen LogP contribution in [0.25, 0.3) is 0 Å². The number of carboxylic acids is 1. The molecule has 0 aliphatic carbocycles. The van der Waals surface area contributed by atoms with E-state index in [1.54, 1.807) is 0 Å². The molecule has 0 fully saturated rings. The van der Waals surface area contributed by atoms with Crippen molar-refractivity contribution in [1.29, 1.82) is 0 Å². The van der Waals surface area contributed by atoms with Crippen molar-refractivity contribution in [3.8, 4) is 0 Å². The van der Waals surface area contributed by atoms with E-state index in [4.69, 9.17) is 18.9 Å². The molecule has 0 rings (SSSR count). The molecule has 536 valence electrons. The predicted octanol–water partition coefficient (Wildman–Crippen LogP) is 23.0. The van der Waals surface area contributed by atoms with E-state index in [2.05, 4.69) is 196 Å². The van der Waals surface area contributed by atoms with Crippen LogP contribution < -0.4 is 5.11 Å². The number of unbranched alkanes of at least 4 members (excludes halogenated alkanes) is 23. The van der Waals surface area contributed by atoms with E-state index in [-0.39, 0.29) is 38.6 Å². The van der Waals surface area contributed by atoms with Crippen molar-refractivity contribution in [3.63, 3.8) is 0 Å². The van der Waals surface area contributed by atoms with Crippen LogP contribution in [0.3, 0.4) is 0 Å². The SMILES string of the molecule is CC/C=C\C/C=C\C/C=C\C/C=C\C/C=C\C/C=C\C/C=C\C/C=C\C/C=C\C/C=C\CCCCCCCCCCCCC(=O)OC(COC(=O)CCCCCCCCCCCCCCC/C=C\C/C=C\C/C=C\C/C=C\C/C=C\CC)COC(OCC[N+](C)(C)C)C(=O)[O-]. The third kappa shape index (κ3) is 75.6. The van der Waals surface area contributed by atoms with E-state index in [0.29, 0.717) is 17.4 Å². The number of carbonyl (C=O) groups excluding carboxylic acids is 3.